The molecule has 1 N–H and O–H groups in total. The molecule has 5 heteroatoms. The minimum absolute atomic E-state index is 0.801. The van der Waals surface area contributed by atoms with E-state index in [1.165, 1.54) is 38.8 Å². The Hall–Kier alpha value is -0.910. The highest BCUT2D eigenvalue weighted by molar-refractivity contribution is 5.05. The molecular formula is C16H28N4O. The lowest BCUT2D eigenvalue weighted by molar-refractivity contribution is 0.0879. The molecule has 3 rings (SSSR count). The quantitative estimate of drug-likeness (QED) is 0.867. The third-order valence-corrected chi connectivity index (χ3v) is 4.79. The summed E-state index contributed by atoms with van der Waals surface area (Å²) >= 11 is 0. The third kappa shape index (κ3) is 4.05. The van der Waals surface area contributed by atoms with Crippen LogP contribution in [-0.2, 0) is 13.1 Å². The van der Waals surface area contributed by atoms with Gasteiger partial charge in [-0.2, -0.15) is 0 Å². The van der Waals surface area contributed by atoms with Gasteiger partial charge in [0.2, 0.25) is 0 Å². The van der Waals surface area contributed by atoms with Crippen molar-refractivity contribution in [1.29, 1.82) is 0 Å². The number of aromatic nitrogens is 1. The first-order chi connectivity index (χ1) is 10.3. The Balaban J connectivity index is 1.43. The van der Waals surface area contributed by atoms with Crippen molar-refractivity contribution in [1.82, 2.24) is 20.3 Å². The first-order valence-electron chi connectivity index (χ1n) is 8.46. The Morgan fingerprint density at radius 1 is 1.24 bits per heavy atom. The second-order valence-electron chi connectivity index (χ2n) is 6.32. The van der Waals surface area contributed by atoms with Gasteiger partial charge in [0.15, 0.2) is 5.76 Å². The van der Waals surface area contributed by atoms with E-state index in [9.17, 15) is 0 Å². The summed E-state index contributed by atoms with van der Waals surface area (Å²) in [6, 6.07) is 2.95. The molecule has 1 saturated heterocycles. The number of rotatable bonds is 6. The summed E-state index contributed by atoms with van der Waals surface area (Å²) in [6.45, 7) is 9.49. The second kappa shape index (κ2) is 7.38. The Morgan fingerprint density at radius 2 is 2.00 bits per heavy atom. The van der Waals surface area contributed by atoms with Crippen molar-refractivity contribution in [3.8, 4) is 0 Å². The van der Waals surface area contributed by atoms with Crippen molar-refractivity contribution in [2.45, 2.75) is 51.7 Å². The minimum atomic E-state index is 0.801. The first-order valence-corrected chi connectivity index (χ1v) is 8.46. The molecule has 118 valence electrons. The van der Waals surface area contributed by atoms with Gasteiger partial charge in [0, 0.05) is 44.8 Å². The SMILES string of the molecule is CCNCc1cc(CN2CCN(C3CCCC3)CC2)on1. The predicted molar refractivity (Wildman–Crippen MR) is 83.0 cm³/mol. The zero-order valence-electron chi connectivity index (χ0n) is 13.2. The monoisotopic (exact) mass is 292 g/mol. The van der Waals surface area contributed by atoms with Gasteiger partial charge in [-0.1, -0.05) is 24.9 Å². The maximum atomic E-state index is 5.45. The van der Waals surface area contributed by atoms with Gasteiger partial charge < -0.3 is 9.84 Å². The summed E-state index contributed by atoms with van der Waals surface area (Å²) in [5.74, 6) is 0.997. The van der Waals surface area contributed by atoms with Gasteiger partial charge in [-0.3, -0.25) is 9.80 Å². The average molecular weight is 292 g/mol. The minimum Gasteiger partial charge on any atom is -0.360 e. The lowest BCUT2D eigenvalue weighted by Gasteiger charge is -2.37. The Morgan fingerprint density at radius 3 is 2.71 bits per heavy atom. The highest BCUT2D eigenvalue weighted by atomic mass is 16.5. The summed E-state index contributed by atoms with van der Waals surface area (Å²) in [4.78, 5) is 5.18. The van der Waals surface area contributed by atoms with Crippen LogP contribution in [0.25, 0.3) is 0 Å². The van der Waals surface area contributed by atoms with E-state index in [4.69, 9.17) is 4.52 Å². The molecule has 1 aromatic rings. The van der Waals surface area contributed by atoms with Gasteiger partial charge in [0.05, 0.1) is 12.2 Å². The lowest BCUT2D eigenvalue weighted by atomic mass is 10.2. The molecule has 21 heavy (non-hydrogen) atoms. The zero-order chi connectivity index (χ0) is 14.5. The fourth-order valence-corrected chi connectivity index (χ4v) is 3.54. The molecule has 1 aliphatic heterocycles. The largest absolute Gasteiger partial charge is 0.360 e. The molecular weight excluding hydrogens is 264 g/mol. The summed E-state index contributed by atoms with van der Waals surface area (Å²) in [6.07, 6.45) is 5.68. The smallest absolute Gasteiger partial charge is 0.151 e. The number of hydrogen-bond donors (Lipinski definition) is 1. The normalized spacial score (nSPS) is 22.1. The zero-order valence-corrected chi connectivity index (χ0v) is 13.2. The van der Waals surface area contributed by atoms with Gasteiger partial charge in [0.25, 0.3) is 0 Å². The number of hydrogen-bond acceptors (Lipinski definition) is 5. The second-order valence-corrected chi connectivity index (χ2v) is 6.32. The van der Waals surface area contributed by atoms with Gasteiger partial charge in [-0.05, 0) is 19.4 Å². The fourth-order valence-electron chi connectivity index (χ4n) is 3.54. The van der Waals surface area contributed by atoms with Crippen molar-refractivity contribution in [2.24, 2.45) is 0 Å². The van der Waals surface area contributed by atoms with Crippen molar-refractivity contribution in [3.05, 3.63) is 17.5 Å². The summed E-state index contributed by atoms with van der Waals surface area (Å²) in [5, 5.41) is 7.40. The molecule has 0 bridgehead atoms. The van der Waals surface area contributed by atoms with E-state index in [1.807, 2.05) is 0 Å². The van der Waals surface area contributed by atoms with Crippen LogP contribution < -0.4 is 5.32 Å². The fraction of sp³-hybridized carbons (Fsp3) is 0.812. The molecule has 0 spiro atoms. The molecule has 0 atom stereocenters. The molecule has 5 nitrogen and oxygen atoms in total. The predicted octanol–water partition coefficient (Wildman–Crippen LogP) is 1.84. The van der Waals surface area contributed by atoms with E-state index in [-0.39, 0.29) is 0 Å². The van der Waals surface area contributed by atoms with E-state index in [0.29, 0.717) is 0 Å². The van der Waals surface area contributed by atoms with Crippen molar-refractivity contribution < 1.29 is 4.52 Å². The van der Waals surface area contributed by atoms with Gasteiger partial charge >= 0.3 is 0 Å². The molecule has 0 unspecified atom stereocenters. The molecule has 1 aliphatic carbocycles. The van der Waals surface area contributed by atoms with Crippen LogP contribution in [0.15, 0.2) is 10.6 Å². The van der Waals surface area contributed by atoms with Crippen LogP contribution in [0.2, 0.25) is 0 Å². The average Bonchev–Trinajstić information content (AvgIpc) is 3.17. The van der Waals surface area contributed by atoms with Crippen LogP contribution >= 0.6 is 0 Å². The van der Waals surface area contributed by atoms with Crippen LogP contribution in [0.3, 0.4) is 0 Å². The maximum absolute atomic E-state index is 5.45. The van der Waals surface area contributed by atoms with Crippen LogP contribution in [-0.4, -0.2) is 53.7 Å². The molecule has 0 amide bonds. The van der Waals surface area contributed by atoms with E-state index >= 15 is 0 Å². The summed E-state index contributed by atoms with van der Waals surface area (Å²) in [7, 11) is 0. The first kappa shape index (κ1) is 15.0. The molecule has 1 aromatic heterocycles. The van der Waals surface area contributed by atoms with Crippen molar-refractivity contribution in [3.63, 3.8) is 0 Å². The molecule has 0 radical (unpaired) electrons. The van der Waals surface area contributed by atoms with Crippen molar-refractivity contribution >= 4 is 0 Å². The molecule has 1 saturated carbocycles. The Labute approximate surface area is 127 Å². The Kier molecular flexibility index (Phi) is 5.27. The number of piperazine rings is 1. The van der Waals surface area contributed by atoms with E-state index < -0.39 is 0 Å². The highest BCUT2D eigenvalue weighted by Crippen LogP contribution is 2.24. The van der Waals surface area contributed by atoms with Gasteiger partial charge in [-0.15, -0.1) is 0 Å². The van der Waals surface area contributed by atoms with Crippen molar-refractivity contribution in [2.75, 3.05) is 32.7 Å². The van der Waals surface area contributed by atoms with Crippen LogP contribution in [0.1, 0.15) is 44.1 Å². The number of nitrogens with zero attached hydrogens (tertiary/aromatic N) is 3. The molecule has 2 fully saturated rings. The van der Waals surface area contributed by atoms with E-state index in [0.717, 1.165) is 50.2 Å². The van der Waals surface area contributed by atoms with Crippen LogP contribution in [0.4, 0.5) is 0 Å². The Bertz CT molecular complexity index is 420. The highest BCUT2D eigenvalue weighted by Gasteiger charge is 2.26. The summed E-state index contributed by atoms with van der Waals surface area (Å²) in [5.41, 5.74) is 1.01. The van der Waals surface area contributed by atoms with Crippen LogP contribution in [0, 0.1) is 0 Å². The van der Waals surface area contributed by atoms with Gasteiger partial charge in [-0.25, -0.2) is 0 Å². The standard InChI is InChI=1S/C16H28N4O/c1-2-17-12-14-11-16(21-18-14)13-19-7-9-20(10-8-19)15-5-3-4-6-15/h11,15,17H,2-10,12-13H2,1H3. The molecule has 0 aromatic carbocycles. The third-order valence-electron chi connectivity index (χ3n) is 4.79. The lowest BCUT2D eigenvalue weighted by Crippen LogP contribution is -2.49. The molecule has 2 aliphatic rings. The van der Waals surface area contributed by atoms with Gasteiger partial charge in [0.1, 0.15) is 0 Å². The molecule has 2 heterocycles. The maximum Gasteiger partial charge on any atom is 0.151 e. The van der Waals surface area contributed by atoms with E-state index in [1.54, 1.807) is 0 Å². The van der Waals surface area contributed by atoms with E-state index in [2.05, 4.69) is 33.3 Å². The number of nitrogens with one attached hydrogen (secondary N) is 1. The topological polar surface area (TPSA) is 44.5 Å². The summed E-state index contributed by atoms with van der Waals surface area (Å²) < 4.78 is 5.45. The van der Waals surface area contributed by atoms with Crippen LogP contribution in [0.5, 0.6) is 0 Å².